The molecule has 2 N–H and O–H groups in total. The fraction of sp³-hybridized carbons (Fsp3) is 0.125. The molecule has 0 atom stereocenters. The Hall–Kier alpha value is -3.93. The molecule has 6 heteroatoms. The van der Waals surface area contributed by atoms with Gasteiger partial charge in [-0.1, -0.05) is 48.0 Å². The predicted octanol–water partition coefficient (Wildman–Crippen LogP) is 4.62. The second-order valence-corrected chi connectivity index (χ2v) is 7.03. The van der Waals surface area contributed by atoms with Gasteiger partial charge >= 0.3 is 0 Å². The van der Waals surface area contributed by atoms with E-state index in [1.165, 1.54) is 11.9 Å². The van der Waals surface area contributed by atoms with Crippen molar-refractivity contribution in [2.45, 2.75) is 13.5 Å². The number of anilines is 2. The van der Waals surface area contributed by atoms with E-state index >= 15 is 0 Å². The standard InChI is InChI=1S/C24H23N5O/c1-18-6-8-19(9-7-18)22-4-2-3-5-23(22)24(30)28-21-12-10-20(11-13-21)26-14-15-29-17-25-16-27-29/h2-13,16-17,26H,14-15H2,1H3,(H,28,30). The number of amides is 1. The Kier molecular flexibility index (Phi) is 5.85. The first-order valence-corrected chi connectivity index (χ1v) is 9.83. The van der Waals surface area contributed by atoms with Gasteiger partial charge in [-0.2, -0.15) is 5.10 Å². The van der Waals surface area contributed by atoms with E-state index in [9.17, 15) is 4.79 Å². The van der Waals surface area contributed by atoms with E-state index in [0.717, 1.165) is 35.6 Å². The first-order chi connectivity index (χ1) is 14.7. The highest BCUT2D eigenvalue weighted by Gasteiger charge is 2.12. The van der Waals surface area contributed by atoms with Gasteiger partial charge in [-0.25, -0.2) is 4.98 Å². The molecule has 0 aliphatic rings. The summed E-state index contributed by atoms with van der Waals surface area (Å²) in [6.45, 7) is 3.52. The fourth-order valence-electron chi connectivity index (χ4n) is 3.20. The molecule has 0 aliphatic heterocycles. The lowest BCUT2D eigenvalue weighted by Crippen LogP contribution is -2.13. The van der Waals surface area contributed by atoms with E-state index in [-0.39, 0.29) is 5.91 Å². The normalized spacial score (nSPS) is 10.6. The number of carbonyl (C=O) groups is 1. The van der Waals surface area contributed by atoms with Crippen molar-refractivity contribution < 1.29 is 4.79 Å². The molecule has 30 heavy (non-hydrogen) atoms. The second-order valence-electron chi connectivity index (χ2n) is 7.03. The molecule has 0 unspecified atom stereocenters. The van der Waals surface area contributed by atoms with Gasteiger partial charge in [0.25, 0.3) is 5.91 Å². The lowest BCUT2D eigenvalue weighted by Gasteiger charge is -2.12. The molecular formula is C24H23N5O. The molecular weight excluding hydrogens is 374 g/mol. The zero-order valence-electron chi connectivity index (χ0n) is 16.7. The highest BCUT2D eigenvalue weighted by atomic mass is 16.1. The summed E-state index contributed by atoms with van der Waals surface area (Å²) in [5.74, 6) is -0.127. The fourth-order valence-corrected chi connectivity index (χ4v) is 3.20. The number of nitrogens with one attached hydrogen (secondary N) is 2. The molecule has 1 aromatic heterocycles. The van der Waals surface area contributed by atoms with Crippen molar-refractivity contribution in [3.05, 3.63) is 96.6 Å². The lowest BCUT2D eigenvalue weighted by molar-refractivity contribution is 0.102. The Bertz CT molecular complexity index is 1100. The van der Waals surface area contributed by atoms with Gasteiger partial charge in [0.1, 0.15) is 12.7 Å². The Balaban J connectivity index is 1.41. The smallest absolute Gasteiger partial charge is 0.256 e. The van der Waals surface area contributed by atoms with Crippen molar-refractivity contribution in [1.29, 1.82) is 0 Å². The second kappa shape index (κ2) is 9.05. The summed E-state index contributed by atoms with van der Waals surface area (Å²) in [6.07, 6.45) is 3.21. The average molecular weight is 397 g/mol. The minimum Gasteiger partial charge on any atom is -0.383 e. The zero-order chi connectivity index (χ0) is 20.8. The Morgan fingerprint density at radius 2 is 1.67 bits per heavy atom. The van der Waals surface area contributed by atoms with Crippen LogP contribution in [0.3, 0.4) is 0 Å². The van der Waals surface area contributed by atoms with E-state index in [1.54, 1.807) is 11.0 Å². The quantitative estimate of drug-likeness (QED) is 0.477. The first kappa shape index (κ1) is 19.4. The maximum atomic E-state index is 12.9. The van der Waals surface area contributed by atoms with Crippen LogP contribution >= 0.6 is 0 Å². The average Bonchev–Trinajstić information content (AvgIpc) is 3.29. The van der Waals surface area contributed by atoms with E-state index in [4.69, 9.17) is 0 Å². The molecule has 4 aromatic rings. The third-order valence-electron chi connectivity index (χ3n) is 4.81. The summed E-state index contributed by atoms with van der Waals surface area (Å²) in [4.78, 5) is 16.8. The summed E-state index contributed by atoms with van der Waals surface area (Å²) in [5, 5.41) is 10.4. The number of nitrogens with zero attached hydrogens (tertiary/aromatic N) is 3. The van der Waals surface area contributed by atoms with Crippen molar-refractivity contribution in [3.8, 4) is 11.1 Å². The highest BCUT2D eigenvalue weighted by molar-refractivity contribution is 6.08. The van der Waals surface area contributed by atoms with Gasteiger partial charge in [-0.15, -0.1) is 0 Å². The van der Waals surface area contributed by atoms with Crippen molar-refractivity contribution in [2.24, 2.45) is 0 Å². The maximum Gasteiger partial charge on any atom is 0.256 e. The number of aryl methyl sites for hydroxylation is 1. The molecule has 4 rings (SSSR count). The number of rotatable bonds is 7. The Morgan fingerprint density at radius 1 is 0.933 bits per heavy atom. The van der Waals surface area contributed by atoms with E-state index in [0.29, 0.717) is 5.56 Å². The molecule has 0 saturated carbocycles. The third-order valence-corrected chi connectivity index (χ3v) is 4.81. The Morgan fingerprint density at radius 3 is 2.40 bits per heavy atom. The largest absolute Gasteiger partial charge is 0.383 e. The van der Waals surface area contributed by atoms with Gasteiger partial charge in [0.05, 0.1) is 6.54 Å². The van der Waals surface area contributed by atoms with Crippen LogP contribution in [0.4, 0.5) is 11.4 Å². The lowest BCUT2D eigenvalue weighted by atomic mass is 9.98. The molecule has 150 valence electrons. The molecule has 0 aliphatic carbocycles. The van der Waals surface area contributed by atoms with E-state index in [1.807, 2.05) is 60.7 Å². The van der Waals surface area contributed by atoms with Gasteiger partial charge in [-0.05, 0) is 48.4 Å². The number of hydrogen-bond donors (Lipinski definition) is 2. The van der Waals surface area contributed by atoms with Crippen LogP contribution in [0.25, 0.3) is 11.1 Å². The summed E-state index contributed by atoms with van der Waals surface area (Å²) >= 11 is 0. The SMILES string of the molecule is Cc1ccc(-c2ccccc2C(=O)Nc2ccc(NCCn3cncn3)cc2)cc1. The molecule has 0 fully saturated rings. The molecule has 6 nitrogen and oxygen atoms in total. The van der Waals surface area contributed by atoms with Crippen LogP contribution in [0.1, 0.15) is 15.9 Å². The summed E-state index contributed by atoms with van der Waals surface area (Å²) in [6, 6.07) is 23.5. The molecule has 0 spiro atoms. The summed E-state index contributed by atoms with van der Waals surface area (Å²) in [5.41, 5.74) is 5.51. The monoisotopic (exact) mass is 397 g/mol. The number of hydrogen-bond acceptors (Lipinski definition) is 4. The third kappa shape index (κ3) is 4.72. The zero-order valence-corrected chi connectivity index (χ0v) is 16.7. The summed E-state index contributed by atoms with van der Waals surface area (Å²) < 4.78 is 1.77. The van der Waals surface area contributed by atoms with Crippen molar-refractivity contribution in [2.75, 3.05) is 17.2 Å². The first-order valence-electron chi connectivity index (χ1n) is 9.83. The molecule has 0 saturated heterocycles. The molecule has 3 aromatic carbocycles. The van der Waals surface area contributed by atoms with Crippen LogP contribution in [0.5, 0.6) is 0 Å². The maximum absolute atomic E-state index is 12.9. The van der Waals surface area contributed by atoms with Gasteiger partial charge < -0.3 is 10.6 Å². The molecule has 0 radical (unpaired) electrons. The van der Waals surface area contributed by atoms with E-state index < -0.39 is 0 Å². The minimum absolute atomic E-state index is 0.127. The topological polar surface area (TPSA) is 71.8 Å². The van der Waals surface area contributed by atoms with Gasteiger partial charge in [-0.3, -0.25) is 9.48 Å². The van der Waals surface area contributed by atoms with Crippen LogP contribution in [0, 0.1) is 6.92 Å². The van der Waals surface area contributed by atoms with Crippen molar-refractivity contribution in [3.63, 3.8) is 0 Å². The highest BCUT2D eigenvalue weighted by Crippen LogP contribution is 2.25. The molecule has 0 bridgehead atoms. The number of benzene rings is 3. The van der Waals surface area contributed by atoms with E-state index in [2.05, 4.69) is 39.8 Å². The Labute approximate surface area is 175 Å². The minimum atomic E-state index is -0.127. The van der Waals surface area contributed by atoms with Crippen LogP contribution in [0.15, 0.2) is 85.5 Å². The molecule has 1 amide bonds. The van der Waals surface area contributed by atoms with Gasteiger partial charge in [0.2, 0.25) is 0 Å². The van der Waals surface area contributed by atoms with Crippen LogP contribution in [-0.2, 0) is 6.54 Å². The van der Waals surface area contributed by atoms with Crippen molar-refractivity contribution in [1.82, 2.24) is 14.8 Å². The number of aromatic nitrogens is 3. The van der Waals surface area contributed by atoms with Crippen LogP contribution in [0.2, 0.25) is 0 Å². The molecule has 1 heterocycles. The van der Waals surface area contributed by atoms with Gasteiger partial charge in [0, 0.05) is 23.5 Å². The van der Waals surface area contributed by atoms with Crippen LogP contribution < -0.4 is 10.6 Å². The van der Waals surface area contributed by atoms with Crippen molar-refractivity contribution >= 4 is 17.3 Å². The van der Waals surface area contributed by atoms with Gasteiger partial charge in [0.15, 0.2) is 0 Å². The van der Waals surface area contributed by atoms with Crippen LogP contribution in [-0.4, -0.2) is 27.2 Å². The predicted molar refractivity (Wildman–Crippen MR) is 120 cm³/mol. The summed E-state index contributed by atoms with van der Waals surface area (Å²) in [7, 11) is 0. The number of carbonyl (C=O) groups excluding carboxylic acids is 1.